The lowest BCUT2D eigenvalue weighted by molar-refractivity contribution is 0.0712. The molecule has 2 fully saturated rings. The summed E-state index contributed by atoms with van der Waals surface area (Å²) in [5.41, 5.74) is 4.80. The zero-order valence-corrected chi connectivity index (χ0v) is 21.2. The van der Waals surface area contributed by atoms with E-state index >= 15 is 0 Å². The molecule has 2 aliphatic heterocycles. The van der Waals surface area contributed by atoms with Gasteiger partial charge in [0.2, 0.25) is 0 Å². The van der Waals surface area contributed by atoms with Gasteiger partial charge in [0.05, 0.1) is 23.5 Å². The molecule has 0 aliphatic carbocycles. The number of piperidine rings is 1. The van der Waals surface area contributed by atoms with Crippen LogP contribution in [0.1, 0.15) is 70.4 Å². The number of carbonyl (C=O) groups excluding carboxylic acids is 1. The number of benzene rings is 2. The van der Waals surface area contributed by atoms with Crippen LogP contribution >= 0.6 is 0 Å². The number of likely N-dealkylation sites (tertiary alicyclic amines) is 1. The van der Waals surface area contributed by atoms with Crippen LogP contribution in [0.2, 0.25) is 0 Å². The molecule has 5 rings (SSSR count). The van der Waals surface area contributed by atoms with Crippen LogP contribution in [0, 0.1) is 18.3 Å². The molecular formula is C30H33N5O2. The van der Waals surface area contributed by atoms with Crippen LogP contribution in [0.3, 0.4) is 0 Å². The summed E-state index contributed by atoms with van der Waals surface area (Å²) in [6.07, 6.45) is 4.98. The maximum absolute atomic E-state index is 13.3. The van der Waals surface area contributed by atoms with E-state index in [9.17, 15) is 9.90 Å². The second-order valence-electron chi connectivity index (χ2n) is 10.0. The Morgan fingerprint density at radius 1 is 1.05 bits per heavy atom. The number of aromatic nitrogens is 1. The molecule has 2 saturated heterocycles. The van der Waals surface area contributed by atoms with E-state index in [1.165, 1.54) is 18.4 Å². The van der Waals surface area contributed by atoms with Gasteiger partial charge >= 0.3 is 0 Å². The van der Waals surface area contributed by atoms with E-state index in [4.69, 9.17) is 5.26 Å². The first kappa shape index (κ1) is 24.8. The molecule has 7 heteroatoms. The van der Waals surface area contributed by atoms with Crippen molar-refractivity contribution in [1.82, 2.24) is 9.88 Å². The van der Waals surface area contributed by atoms with Crippen LogP contribution in [-0.2, 0) is 0 Å². The predicted octanol–water partition coefficient (Wildman–Crippen LogP) is 4.98. The highest BCUT2D eigenvalue weighted by Crippen LogP contribution is 2.30. The summed E-state index contributed by atoms with van der Waals surface area (Å²) in [5.74, 6) is 1.34. The quantitative estimate of drug-likeness (QED) is 0.469. The molecule has 7 nitrogen and oxygen atoms in total. The van der Waals surface area contributed by atoms with Gasteiger partial charge in [0.25, 0.3) is 5.91 Å². The number of rotatable bonds is 6. The van der Waals surface area contributed by atoms with Crippen molar-refractivity contribution in [3.63, 3.8) is 0 Å². The molecule has 3 heterocycles. The smallest absolute Gasteiger partial charge is 0.253 e. The number of carbonyl (C=O) groups is 1. The number of aryl methyl sites for hydroxylation is 1. The average Bonchev–Trinajstić information content (AvgIpc) is 3.49. The summed E-state index contributed by atoms with van der Waals surface area (Å²) in [7, 11) is 0. The Labute approximate surface area is 218 Å². The number of anilines is 2. The number of hydrogen-bond donors (Lipinski definition) is 2. The molecule has 1 aromatic heterocycles. The minimum atomic E-state index is -0.950. The molecule has 190 valence electrons. The second kappa shape index (κ2) is 11.0. The number of nitrogens with zero attached hydrogens (tertiary/aromatic N) is 4. The van der Waals surface area contributed by atoms with Crippen molar-refractivity contribution in [1.29, 1.82) is 5.26 Å². The lowest BCUT2D eigenvalue weighted by atomic mass is 9.88. The fourth-order valence-electron chi connectivity index (χ4n) is 5.34. The van der Waals surface area contributed by atoms with Crippen molar-refractivity contribution >= 4 is 17.4 Å². The van der Waals surface area contributed by atoms with Crippen LogP contribution in [0.5, 0.6) is 0 Å². The molecule has 1 atom stereocenters. The first-order chi connectivity index (χ1) is 18.0. The van der Waals surface area contributed by atoms with E-state index in [0.717, 1.165) is 43.0 Å². The minimum Gasteiger partial charge on any atom is -0.369 e. The largest absolute Gasteiger partial charge is 0.369 e. The molecule has 0 bridgehead atoms. The SMILES string of the molecule is Cc1ccc(C(=O)N2CCC(c3ccc(C#N)cc3)CC2)cc1C(O)Nc1ccc(N2CCCC2)nc1. The van der Waals surface area contributed by atoms with E-state index in [0.29, 0.717) is 35.7 Å². The van der Waals surface area contributed by atoms with E-state index in [1.807, 2.05) is 60.4 Å². The summed E-state index contributed by atoms with van der Waals surface area (Å²) >= 11 is 0. The lowest BCUT2D eigenvalue weighted by Gasteiger charge is -2.32. The highest BCUT2D eigenvalue weighted by Gasteiger charge is 2.25. The summed E-state index contributed by atoms with van der Waals surface area (Å²) in [6.45, 7) is 5.38. The Balaban J connectivity index is 1.21. The summed E-state index contributed by atoms with van der Waals surface area (Å²) in [4.78, 5) is 22.0. The van der Waals surface area contributed by atoms with E-state index in [2.05, 4.69) is 21.3 Å². The highest BCUT2D eigenvalue weighted by atomic mass is 16.3. The molecule has 2 N–H and O–H groups in total. The Kier molecular flexibility index (Phi) is 7.38. The normalized spacial score (nSPS) is 16.9. The van der Waals surface area contributed by atoms with Crippen molar-refractivity contribution in [3.05, 3.63) is 88.6 Å². The first-order valence-electron chi connectivity index (χ1n) is 13.1. The van der Waals surface area contributed by atoms with Gasteiger partial charge in [0.15, 0.2) is 6.23 Å². The molecule has 2 aliphatic rings. The monoisotopic (exact) mass is 495 g/mol. The second-order valence-corrected chi connectivity index (χ2v) is 10.0. The standard InChI is InChI=1S/C30H33N5O2/c1-21-4-7-25(30(37)35-16-12-24(13-17-35)23-8-5-22(19-31)6-9-23)18-27(21)29(36)33-26-10-11-28(32-20-26)34-14-2-3-15-34/h4-11,18,20,24,29,33,36H,2-3,12-17H2,1H3. The highest BCUT2D eigenvalue weighted by molar-refractivity contribution is 5.94. The number of aliphatic hydroxyl groups is 1. The van der Waals surface area contributed by atoms with Crippen molar-refractivity contribution < 1.29 is 9.90 Å². The average molecular weight is 496 g/mol. The third-order valence-electron chi connectivity index (χ3n) is 7.60. The van der Waals surface area contributed by atoms with Crippen LogP contribution in [0.25, 0.3) is 0 Å². The van der Waals surface area contributed by atoms with Gasteiger partial charge in [-0.2, -0.15) is 5.26 Å². The van der Waals surface area contributed by atoms with Crippen LogP contribution in [-0.4, -0.2) is 47.1 Å². The molecule has 0 spiro atoms. The van der Waals surface area contributed by atoms with Gasteiger partial charge in [-0.15, -0.1) is 0 Å². The third kappa shape index (κ3) is 5.60. The molecule has 1 amide bonds. The van der Waals surface area contributed by atoms with Gasteiger partial charge in [-0.05, 0) is 86.1 Å². The number of aliphatic hydroxyl groups excluding tert-OH is 1. The van der Waals surface area contributed by atoms with E-state index in [-0.39, 0.29) is 5.91 Å². The summed E-state index contributed by atoms with van der Waals surface area (Å²) < 4.78 is 0. The van der Waals surface area contributed by atoms with Gasteiger partial charge in [-0.25, -0.2) is 4.98 Å². The molecule has 0 radical (unpaired) electrons. The minimum absolute atomic E-state index is 0.0108. The molecule has 37 heavy (non-hydrogen) atoms. The summed E-state index contributed by atoms with van der Waals surface area (Å²) in [5, 5.41) is 23.1. The van der Waals surface area contributed by atoms with Crippen molar-refractivity contribution in [2.75, 3.05) is 36.4 Å². The number of pyridine rings is 1. The van der Waals surface area contributed by atoms with Crippen molar-refractivity contribution in [2.45, 2.75) is 44.8 Å². The number of amides is 1. The Hall–Kier alpha value is -3.89. The van der Waals surface area contributed by atoms with Crippen LogP contribution in [0.15, 0.2) is 60.8 Å². The first-order valence-corrected chi connectivity index (χ1v) is 13.1. The fraction of sp³-hybridized carbons (Fsp3) is 0.367. The van der Waals surface area contributed by atoms with E-state index in [1.54, 1.807) is 12.3 Å². The zero-order valence-electron chi connectivity index (χ0n) is 21.2. The lowest BCUT2D eigenvalue weighted by Crippen LogP contribution is -2.38. The third-order valence-corrected chi connectivity index (χ3v) is 7.60. The molecule has 0 saturated carbocycles. The Morgan fingerprint density at radius 3 is 2.43 bits per heavy atom. The van der Waals surface area contributed by atoms with Crippen molar-refractivity contribution in [2.24, 2.45) is 0 Å². The van der Waals surface area contributed by atoms with E-state index < -0.39 is 6.23 Å². The summed E-state index contributed by atoms with van der Waals surface area (Å²) in [6, 6.07) is 19.4. The number of hydrogen-bond acceptors (Lipinski definition) is 6. The molecular weight excluding hydrogens is 462 g/mol. The van der Waals surface area contributed by atoms with Crippen LogP contribution < -0.4 is 10.2 Å². The maximum Gasteiger partial charge on any atom is 0.253 e. The zero-order chi connectivity index (χ0) is 25.8. The molecule has 2 aromatic carbocycles. The van der Waals surface area contributed by atoms with Crippen molar-refractivity contribution in [3.8, 4) is 6.07 Å². The Morgan fingerprint density at radius 2 is 1.78 bits per heavy atom. The van der Waals surface area contributed by atoms with Gasteiger partial charge in [-0.1, -0.05) is 18.2 Å². The molecule has 3 aromatic rings. The maximum atomic E-state index is 13.3. The molecule has 1 unspecified atom stereocenters. The van der Waals surface area contributed by atoms with Gasteiger partial charge < -0.3 is 20.2 Å². The predicted molar refractivity (Wildman–Crippen MR) is 144 cm³/mol. The van der Waals surface area contributed by atoms with Crippen LogP contribution in [0.4, 0.5) is 11.5 Å². The Bertz CT molecular complexity index is 1270. The number of nitriles is 1. The van der Waals surface area contributed by atoms with Gasteiger partial charge in [0, 0.05) is 37.3 Å². The number of nitrogens with one attached hydrogen (secondary N) is 1. The topological polar surface area (TPSA) is 92.5 Å². The fourth-order valence-corrected chi connectivity index (χ4v) is 5.34. The van der Waals surface area contributed by atoms with Gasteiger partial charge in [0.1, 0.15) is 5.82 Å². The van der Waals surface area contributed by atoms with Gasteiger partial charge in [-0.3, -0.25) is 4.79 Å².